The number of imide groups is 1. The van der Waals surface area contributed by atoms with Crippen LogP contribution < -0.4 is 0 Å². The predicted octanol–water partition coefficient (Wildman–Crippen LogP) is 3.62. The first kappa shape index (κ1) is 12.4. The molecule has 2 fully saturated rings. The van der Waals surface area contributed by atoms with E-state index in [9.17, 15) is 9.59 Å². The summed E-state index contributed by atoms with van der Waals surface area (Å²) in [7, 11) is 0. The molecule has 2 aliphatic carbocycles. The van der Waals surface area contributed by atoms with Crippen LogP contribution in [0.2, 0.25) is 0 Å². The molecule has 0 radical (unpaired) electrons. The van der Waals surface area contributed by atoms with E-state index in [4.69, 9.17) is 0 Å². The fraction of sp³-hybridized carbons (Fsp3) is 0.368. The summed E-state index contributed by atoms with van der Waals surface area (Å²) in [6.07, 6.45) is 4.62. The predicted molar refractivity (Wildman–Crippen MR) is 83.7 cm³/mol. The highest BCUT2D eigenvalue weighted by Gasteiger charge is 2.47. The average Bonchev–Trinajstić information content (AvgIpc) is 3.16. The van der Waals surface area contributed by atoms with Crippen molar-refractivity contribution >= 4 is 22.6 Å². The topological polar surface area (TPSA) is 37.4 Å². The summed E-state index contributed by atoms with van der Waals surface area (Å²) in [6, 6.07) is 11.6. The first-order chi connectivity index (χ1) is 10.7. The van der Waals surface area contributed by atoms with E-state index in [1.165, 1.54) is 12.8 Å². The Morgan fingerprint density at radius 3 is 2.09 bits per heavy atom. The highest BCUT2D eigenvalue weighted by Crippen LogP contribution is 2.48. The van der Waals surface area contributed by atoms with Crippen LogP contribution in [0.25, 0.3) is 10.8 Å². The van der Waals surface area contributed by atoms with Gasteiger partial charge in [-0.2, -0.15) is 0 Å². The molecule has 2 bridgehead atoms. The maximum atomic E-state index is 13.0. The van der Waals surface area contributed by atoms with Gasteiger partial charge in [0.15, 0.2) is 0 Å². The van der Waals surface area contributed by atoms with Gasteiger partial charge in [0.25, 0.3) is 11.8 Å². The zero-order valence-electron chi connectivity index (χ0n) is 12.3. The van der Waals surface area contributed by atoms with Crippen molar-refractivity contribution in [3.05, 3.63) is 47.5 Å². The molecular formula is C19H17NO2. The van der Waals surface area contributed by atoms with E-state index >= 15 is 0 Å². The Kier molecular flexibility index (Phi) is 2.36. The summed E-state index contributed by atoms with van der Waals surface area (Å²) >= 11 is 0. The molecule has 5 rings (SSSR count). The van der Waals surface area contributed by atoms with Crippen LogP contribution in [0.3, 0.4) is 0 Å². The molecule has 0 spiro atoms. The Bertz CT molecular complexity index is 775. The third-order valence-corrected chi connectivity index (χ3v) is 5.84. The molecule has 1 heterocycles. The van der Waals surface area contributed by atoms with Crippen molar-refractivity contribution in [2.75, 3.05) is 0 Å². The molecule has 0 saturated heterocycles. The third kappa shape index (κ3) is 1.46. The Morgan fingerprint density at radius 2 is 1.55 bits per heavy atom. The van der Waals surface area contributed by atoms with Crippen LogP contribution in [0.5, 0.6) is 0 Å². The van der Waals surface area contributed by atoms with Gasteiger partial charge < -0.3 is 0 Å². The van der Waals surface area contributed by atoms with Gasteiger partial charge in [0, 0.05) is 22.6 Å². The number of fused-ring (bicyclic) bond motifs is 2. The van der Waals surface area contributed by atoms with Crippen molar-refractivity contribution in [3.8, 4) is 0 Å². The molecule has 3 nitrogen and oxygen atoms in total. The molecule has 0 aromatic heterocycles. The van der Waals surface area contributed by atoms with Gasteiger partial charge in [-0.3, -0.25) is 14.5 Å². The lowest BCUT2D eigenvalue weighted by Crippen LogP contribution is -2.49. The molecule has 2 aromatic carbocycles. The Labute approximate surface area is 128 Å². The van der Waals surface area contributed by atoms with Gasteiger partial charge in [-0.1, -0.05) is 30.7 Å². The first-order valence-electron chi connectivity index (χ1n) is 8.13. The lowest BCUT2D eigenvalue weighted by molar-refractivity contribution is 0.0484. The Hall–Kier alpha value is -2.16. The molecule has 2 aromatic rings. The second-order valence-corrected chi connectivity index (χ2v) is 6.93. The number of nitrogens with zero attached hydrogens (tertiary/aromatic N) is 1. The van der Waals surface area contributed by atoms with Crippen LogP contribution in [0, 0.1) is 11.8 Å². The van der Waals surface area contributed by atoms with Gasteiger partial charge in [0.05, 0.1) is 0 Å². The van der Waals surface area contributed by atoms with Crippen molar-refractivity contribution in [2.24, 2.45) is 11.8 Å². The minimum absolute atomic E-state index is 0.0909. The van der Waals surface area contributed by atoms with Gasteiger partial charge >= 0.3 is 0 Å². The van der Waals surface area contributed by atoms with E-state index < -0.39 is 0 Å². The number of hydrogen-bond donors (Lipinski definition) is 0. The molecule has 2 amide bonds. The minimum atomic E-state index is -0.0909. The van der Waals surface area contributed by atoms with Crippen LogP contribution >= 0.6 is 0 Å². The maximum Gasteiger partial charge on any atom is 0.261 e. The quantitative estimate of drug-likeness (QED) is 0.752. The number of amides is 2. The van der Waals surface area contributed by atoms with Crippen molar-refractivity contribution in [1.82, 2.24) is 4.90 Å². The van der Waals surface area contributed by atoms with Crippen LogP contribution in [0.15, 0.2) is 36.4 Å². The number of carbonyl (C=O) groups is 2. The second kappa shape index (κ2) is 4.19. The molecule has 1 aliphatic heterocycles. The Balaban J connectivity index is 1.69. The fourth-order valence-corrected chi connectivity index (χ4v) is 4.88. The van der Waals surface area contributed by atoms with Crippen molar-refractivity contribution < 1.29 is 9.59 Å². The monoisotopic (exact) mass is 291 g/mol. The molecule has 0 unspecified atom stereocenters. The van der Waals surface area contributed by atoms with Crippen LogP contribution in [-0.4, -0.2) is 22.8 Å². The van der Waals surface area contributed by atoms with Crippen LogP contribution in [-0.2, 0) is 0 Å². The lowest BCUT2D eigenvalue weighted by atomic mass is 9.89. The smallest absolute Gasteiger partial charge is 0.261 e. The molecule has 3 heteroatoms. The second-order valence-electron chi connectivity index (χ2n) is 6.93. The molecule has 0 N–H and O–H groups in total. The maximum absolute atomic E-state index is 13.0. The van der Waals surface area contributed by atoms with Gasteiger partial charge in [-0.25, -0.2) is 0 Å². The van der Waals surface area contributed by atoms with Crippen LogP contribution in [0.1, 0.15) is 46.4 Å². The van der Waals surface area contributed by atoms with Gasteiger partial charge in [0.1, 0.15) is 0 Å². The van der Waals surface area contributed by atoms with E-state index in [2.05, 4.69) is 0 Å². The van der Waals surface area contributed by atoms with Crippen molar-refractivity contribution in [2.45, 2.75) is 31.7 Å². The van der Waals surface area contributed by atoms with E-state index in [-0.39, 0.29) is 17.9 Å². The summed E-state index contributed by atoms with van der Waals surface area (Å²) in [6.45, 7) is 0. The number of carbonyl (C=O) groups excluding carboxylic acids is 2. The molecule has 110 valence electrons. The van der Waals surface area contributed by atoms with Crippen molar-refractivity contribution in [3.63, 3.8) is 0 Å². The normalized spacial score (nSPS) is 29.6. The SMILES string of the molecule is O=C1c2cccc3cccc(c23)C(=O)N1[C@H]1C[C@H]2CC[C@@H]1C2. The number of rotatable bonds is 1. The highest BCUT2D eigenvalue weighted by molar-refractivity contribution is 6.25. The molecule has 3 aliphatic rings. The van der Waals surface area contributed by atoms with Gasteiger partial charge in [0.2, 0.25) is 0 Å². The molecule has 22 heavy (non-hydrogen) atoms. The number of hydrogen-bond acceptors (Lipinski definition) is 2. The lowest BCUT2D eigenvalue weighted by Gasteiger charge is -2.36. The van der Waals surface area contributed by atoms with Crippen LogP contribution in [0.4, 0.5) is 0 Å². The summed E-state index contributed by atoms with van der Waals surface area (Å²) in [5.74, 6) is 1.05. The number of benzene rings is 2. The van der Waals surface area contributed by atoms with Gasteiger partial charge in [-0.05, 0) is 48.6 Å². The molecule has 3 atom stereocenters. The van der Waals surface area contributed by atoms with Crippen molar-refractivity contribution in [1.29, 1.82) is 0 Å². The van der Waals surface area contributed by atoms with E-state index in [1.807, 2.05) is 36.4 Å². The third-order valence-electron chi connectivity index (χ3n) is 5.84. The largest absolute Gasteiger partial charge is 0.271 e. The van der Waals surface area contributed by atoms with E-state index in [1.54, 1.807) is 4.90 Å². The minimum Gasteiger partial charge on any atom is -0.271 e. The summed E-state index contributed by atoms with van der Waals surface area (Å²) < 4.78 is 0. The van der Waals surface area contributed by atoms with E-state index in [0.29, 0.717) is 23.0 Å². The summed E-state index contributed by atoms with van der Waals surface area (Å²) in [5.41, 5.74) is 1.38. The summed E-state index contributed by atoms with van der Waals surface area (Å²) in [5, 5.41) is 1.81. The zero-order valence-corrected chi connectivity index (χ0v) is 12.3. The summed E-state index contributed by atoms with van der Waals surface area (Å²) in [4.78, 5) is 27.5. The van der Waals surface area contributed by atoms with Gasteiger partial charge in [-0.15, -0.1) is 0 Å². The molecular weight excluding hydrogens is 274 g/mol. The Morgan fingerprint density at radius 1 is 0.864 bits per heavy atom. The highest BCUT2D eigenvalue weighted by atomic mass is 16.2. The first-order valence-corrected chi connectivity index (χ1v) is 8.13. The fourth-order valence-electron chi connectivity index (χ4n) is 4.88. The average molecular weight is 291 g/mol. The van der Waals surface area contributed by atoms with E-state index in [0.717, 1.165) is 23.6 Å². The molecule has 2 saturated carbocycles. The zero-order chi connectivity index (χ0) is 14.8. The standard InChI is InChI=1S/C19H17NO2/c21-18-14-5-1-3-12-4-2-6-15(17(12)14)19(22)20(18)16-10-11-7-8-13(16)9-11/h1-6,11,13,16H,7-10H2/t11-,13+,16-/m0/s1.